The lowest BCUT2D eigenvalue weighted by Crippen LogP contribution is -2.41. The van der Waals surface area contributed by atoms with Crippen LogP contribution in [0.1, 0.15) is 60.5 Å². The fourth-order valence-corrected chi connectivity index (χ4v) is 3.80. The van der Waals surface area contributed by atoms with Gasteiger partial charge in [-0.1, -0.05) is 36.4 Å². The van der Waals surface area contributed by atoms with Crippen LogP contribution in [0.5, 0.6) is 0 Å². The van der Waals surface area contributed by atoms with Crippen molar-refractivity contribution in [1.29, 1.82) is 0 Å². The molecule has 0 aliphatic carbocycles. The van der Waals surface area contributed by atoms with Crippen molar-refractivity contribution in [2.24, 2.45) is 0 Å². The molecule has 1 saturated heterocycles. The van der Waals surface area contributed by atoms with Gasteiger partial charge in [0.15, 0.2) is 0 Å². The summed E-state index contributed by atoms with van der Waals surface area (Å²) in [6, 6.07) is 12.9. The van der Waals surface area contributed by atoms with Crippen LogP contribution in [0, 0.1) is 5.82 Å². The Morgan fingerprint density at radius 2 is 1.69 bits per heavy atom. The summed E-state index contributed by atoms with van der Waals surface area (Å²) >= 11 is 0. The molecule has 3 rings (SSSR count). The first-order valence-corrected chi connectivity index (χ1v) is 12.5. The zero-order valence-corrected chi connectivity index (χ0v) is 22.8. The minimum atomic E-state index is -0.749. The minimum absolute atomic E-state index is 0.348. The number of nitrogens with zero attached hydrogens (tertiary/aromatic N) is 1. The van der Waals surface area contributed by atoms with Gasteiger partial charge in [0.2, 0.25) is 0 Å². The summed E-state index contributed by atoms with van der Waals surface area (Å²) in [5, 5.41) is 0. The number of ether oxygens (including phenoxy) is 2. The van der Waals surface area contributed by atoms with E-state index < -0.39 is 23.9 Å². The molecule has 1 fully saturated rings. The van der Waals surface area contributed by atoms with E-state index in [1.54, 1.807) is 18.0 Å². The number of amides is 1. The maximum absolute atomic E-state index is 15.2. The van der Waals surface area contributed by atoms with Crippen molar-refractivity contribution < 1.29 is 28.0 Å². The molecule has 1 heterocycles. The molecule has 0 N–H and O–H groups in total. The number of carbonyl (C=O) groups excluding carboxylic acids is 1. The summed E-state index contributed by atoms with van der Waals surface area (Å²) in [7, 11) is 0.965. The molecule has 0 radical (unpaired) electrons. The summed E-state index contributed by atoms with van der Waals surface area (Å²) in [4.78, 5) is 13.6. The van der Waals surface area contributed by atoms with Crippen molar-refractivity contribution >= 4 is 18.7 Å². The van der Waals surface area contributed by atoms with E-state index in [0.717, 1.165) is 16.7 Å². The summed E-state index contributed by atoms with van der Waals surface area (Å²) < 4.78 is 38.5. The Morgan fingerprint density at radius 3 is 2.31 bits per heavy atom. The van der Waals surface area contributed by atoms with Gasteiger partial charge in [0.05, 0.1) is 17.8 Å². The van der Waals surface area contributed by atoms with Gasteiger partial charge in [0.1, 0.15) is 11.4 Å². The summed E-state index contributed by atoms with van der Waals surface area (Å²) in [5.74, 6) is -0.369. The Balaban J connectivity index is 1.60. The van der Waals surface area contributed by atoms with Crippen molar-refractivity contribution in [1.82, 2.24) is 4.90 Å². The van der Waals surface area contributed by atoms with Crippen LogP contribution in [-0.4, -0.2) is 55.1 Å². The third-order valence-corrected chi connectivity index (χ3v) is 6.58. The van der Waals surface area contributed by atoms with E-state index in [1.165, 1.54) is 6.07 Å². The Morgan fingerprint density at radius 1 is 1.06 bits per heavy atom. The van der Waals surface area contributed by atoms with Crippen LogP contribution in [0.4, 0.5) is 9.18 Å². The van der Waals surface area contributed by atoms with Gasteiger partial charge < -0.3 is 23.7 Å². The van der Waals surface area contributed by atoms with Gasteiger partial charge in [-0.05, 0) is 77.6 Å². The van der Waals surface area contributed by atoms with Gasteiger partial charge in [-0.15, -0.1) is 0 Å². The maximum Gasteiger partial charge on any atom is 0.497 e. The van der Waals surface area contributed by atoms with Crippen LogP contribution in [-0.2, 0) is 25.4 Å². The average molecular weight is 499 g/mol. The highest BCUT2D eigenvalue weighted by molar-refractivity contribution is 6.62. The zero-order valence-electron chi connectivity index (χ0n) is 22.8. The average Bonchev–Trinajstić information content (AvgIpc) is 2.99. The second-order valence-electron chi connectivity index (χ2n) is 11.3. The lowest BCUT2D eigenvalue weighted by Gasteiger charge is -2.32. The Kier molecular flexibility index (Phi) is 8.53. The Hall–Kier alpha value is -2.42. The highest BCUT2D eigenvalue weighted by Gasteiger charge is 2.52. The first-order chi connectivity index (χ1) is 16.7. The van der Waals surface area contributed by atoms with Crippen LogP contribution < -0.4 is 5.46 Å². The molecular formula is C28H39BFNO5. The first kappa shape index (κ1) is 28.2. The van der Waals surface area contributed by atoms with Crippen LogP contribution in [0.2, 0.25) is 0 Å². The van der Waals surface area contributed by atoms with Crippen molar-refractivity contribution in [2.75, 3.05) is 20.2 Å². The highest BCUT2D eigenvalue weighted by Crippen LogP contribution is 2.37. The second-order valence-corrected chi connectivity index (χ2v) is 11.3. The molecule has 0 saturated carbocycles. The minimum Gasteiger partial charge on any atom is -0.444 e. The van der Waals surface area contributed by atoms with Crippen molar-refractivity contribution in [2.45, 2.75) is 78.3 Å². The SMILES string of the molecule is CN(CCCOCc1ccccc1-c1ccc(B2OC(C)(C)C(C)(C)O2)c(F)c1)C(=O)OC(C)(C)C. The summed E-state index contributed by atoms with van der Waals surface area (Å²) in [6.07, 6.45) is 0.328. The predicted molar refractivity (Wildman–Crippen MR) is 141 cm³/mol. The third-order valence-electron chi connectivity index (χ3n) is 6.58. The molecule has 36 heavy (non-hydrogen) atoms. The molecule has 6 nitrogen and oxygen atoms in total. The largest absolute Gasteiger partial charge is 0.497 e. The molecular weight excluding hydrogens is 460 g/mol. The molecule has 0 aromatic heterocycles. The predicted octanol–water partition coefficient (Wildman–Crippen LogP) is 5.57. The number of hydrogen-bond acceptors (Lipinski definition) is 5. The van der Waals surface area contributed by atoms with Crippen molar-refractivity contribution in [3.8, 4) is 11.1 Å². The van der Waals surface area contributed by atoms with Gasteiger partial charge in [0.25, 0.3) is 0 Å². The highest BCUT2D eigenvalue weighted by atomic mass is 19.1. The number of benzene rings is 2. The van der Waals surface area contributed by atoms with E-state index in [0.29, 0.717) is 31.6 Å². The van der Waals surface area contributed by atoms with Gasteiger partial charge in [-0.2, -0.15) is 0 Å². The van der Waals surface area contributed by atoms with E-state index in [-0.39, 0.29) is 11.9 Å². The van der Waals surface area contributed by atoms with Gasteiger partial charge in [0, 0.05) is 25.7 Å². The zero-order chi connectivity index (χ0) is 26.7. The molecule has 2 aromatic rings. The fraction of sp³-hybridized carbons (Fsp3) is 0.536. The summed E-state index contributed by atoms with van der Waals surface area (Å²) in [5.41, 5.74) is 1.43. The molecule has 2 aromatic carbocycles. The second kappa shape index (κ2) is 10.9. The van der Waals surface area contributed by atoms with Crippen LogP contribution in [0.3, 0.4) is 0 Å². The topological polar surface area (TPSA) is 57.2 Å². The van der Waals surface area contributed by atoms with Crippen LogP contribution in [0.15, 0.2) is 42.5 Å². The lowest BCUT2D eigenvalue weighted by atomic mass is 9.78. The van der Waals surface area contributed by atoms with E-state index in [2.05, 4.69) is 0 Å². The van der Waals surface area contributed by atoms with Gasteiger partial charge >= 0.3 is 13.2 Å². The summed E-state index contributed by atoms with van der Waals surface area (Å²) in [6.45, 7) is 14.7. The number of carbonyl (C=O) groups is 1. The normalized spacial score (nSPS) is 16.8. The van der Waals surface area contributed by atoms with E-state index in [9.17, 15) is 4.79 Å². The standard InChI is InChI=1S/C28H39BFNO5/c1-26(2,3)34-25(32)31(8)16-11-17-33-19-21-12-9-10-13-22(21)20-14-15-23(24(30)18-20)29-35-27(4,5)28(6,7)36-29/h9-10,12-15,18H,11,16-17,19H2,1-8H3. The van der Waals surface area contributed by atoms with E-state index in [1.807, 2.05) is 78.8 Å². The Labute approximate surface area is 215 Å². The molecule has 0 unspecified atom stereocenters. The molecule has 0 bridgehead atoms. The number of halogens is 1. The number of rotatable bonds is 8. The first-order valence-electron chi connectivity index (χ1n) is 12.5. The van der Waals surface area contributed by atoms with Crippen LogP contribution in [0.25, 0.3) is 11.1 Å². The van der Waals surface area contributed by atoms with Gasteiger partial charge in [-0.3, -0.25) is 0 Å². The van der Waals surface area contributed by atoms with E-state index >= 15 is 4.39 Å². The maximum atomic E-state index is 15.2. The molecule has 1 amide bonds. The fourth-order valence-electron chi connectivity index (χ4n) is 3.80. The number of hydrogen-bond donors (Lipinski definition) is 0. The smallest absolute Gasteiger partial charge is 0.444 e. The molecule has 1 aliphatic rings. The van der Waals surface area contributed by atoms with E-state index in [4.69, 9.17) is 18.8 Å². The molecule has 8 heteroatoms. The molecule has 1 aliphatic heterocycles. The quantitative estimate of drug-likeness (QED) is 0.351. The molecule has 196 valence electrons. The third kappa shape index (κ3) is 6.87. The monoisotopic (exact) mass is 499 g/mol. The Bertz CT molecular complexity index is 1050. The molecule has 0 atom stereocenters. The molecule has 0 spiro atoms. The van der Waals surface area contributed by atoms with Crippen LogP contribution >= 0.6 is 0 Å². The van der Waals surface area contributed by atoms with Crippen molar-refractivity contribution in [3.05, 3.63) is 53.8 Å². The van der Waals surface area contributed by atoms with Crippen molar-refractivity contribution in [3.63, 3.8) is 0 Å². The van der Waals surface area contributed by atoms with Gasteiger partial charge in [-0.25, -0.2) is 9.18 Å². The lowest BCUT2D eigenvalue weighted by molar-refractivity contribution is 0.00578.